The number of hydrogen-bond acceptors (Lipinski definition) is 5. The van der Waals surface area contributed by atoms with E-state index < -0.39 is 17.2 Å². The average molecular weight is 622 g/mol. The van der Waals surface area contributed by atoms with Crippen LogP contribution >= 0.6 is 0 Å². The SMILES string of the molecule is Cc1ccc(COc2ccc3c(c2)c(C(=O)CC(C)C)c(CC(C)(C)C(=O)O)n3Cc2ccc(-c3ccc(F)cn3)cc2)nc1C. The summed E-state index contributed by atoms with van der Waals surface area (Å²) in [5, 5.41) is 10.8. The molecule has 0 aliphatic heterocycles. The van der Waals surface area contributed by atoms with Crippen molar-refractivity contribution < 1.29 is 23.8 Å². The number of carboxylic acid groups (broad SMARTS) is 1. The first kappa shape index (κ1) is 32.5. The minimum absolute atomic E-state index is 0.0272. The maximum Gasteiger partial charge on any atom is 0.309 e. The molecule has 0 fully saturated rings. The van der Waals surface area contributed by atoms with Gasteiger partial charge in [0.25, 0.3) is 0 Å². The van der Waals surface area contributed by atoms with Crippen molar-refractivity contribution in [1.29, 1.82) is 0 Å². The summed E-state index contributed by atoms with van der Waals surface area (Å²) in [6, 6.07) is 20.5. The summed E-state index contributed by atoms with van der Waals surface area (Å²) >= 11 is 0. The van der Waals surface area contributed by atoms with E-state index in [1.807, 2.05) is 82.3 Å². The van der Waals surface area contributed by atoms with Gasteiger partial charge in [-0.25, -0.2) is 4.39 Å². The first-order chi connectivity index (χ1) is 21.8. The van der Waals surface area contributed by atoms with Crippen LogP contribution in [0.1, 0.15) is 72.7 Å². The second-order valence-electron chi connectivity index (χ2n) is 13.0. The lowest BCUT2D eigenvalue weighted by Crippen LogP contribution is -2.28. The topological polar surface area (TPSA) is 94.3 Å². The number of fused-ring (bicyclic) bond motifs is 1. The maximum atomic E-state index is 14.0. The highest BCUT2D eigenvalue weighted by atomic mass is 19.1. The molecule has 7 nitrogen and oxygen atoms in total. The molecule has 238 valence electrons. The van der Waals surface area contributed by atoms with E-state index in [1.165, 1.54) is 12.3 Å². The molecule has 8 heteroatoms. The number of ether oxygens (including phenoxy) is 1. The molecule has 2 aromatic carbocycles. The minimum atomic E-state index is -1.12. The van der Waals surface area contributed by atoms with Crippen molar-refractivity contribution in [2.75, 3.05) is 0 Å². The minimum Gasteiger partial charge on any atom is -0.487 e. The number of benzene rings is 2. The lowest BCUT2D eigenvalue weighted by Gasteiger charge is -2.22. The Morgan fingerprint density at radius 2 is 1.74 bits per heavy atom. The molecule has 46 heavy (non-hydrogen) atoms. The van der Waals surface area contributed by atoms with E-state index in [0.717, 1.165) is 39.0 Å². The van der Waals surface area contributed by atoms with Crippen LogP contribution in [-0.4, -0.2) is 31.4 Å². The van der Waals surface area contributed by atoms with Crippen molar-refractivity contribution in [2.45, 2.75) is 67.5 Å². The summed E-state index contributed by atoms with van der Waals surface area (Å²) in [5.74, 6) is -0.638. The molecule has 0 unspecified atom stereocenters. The number of hydrogen-bond donors (Lipinski definition) is 1. The number of carboxylic acids is 1. The predicted octanol–water partition coefficient (Wildman–Crippen LogP) is 8.36. The Bertz CT molecular complexity index is 1890. The fourth-order valence-electron chi connectivity index (χ4n) is 5.55. The molecular formula is C38H40FN3O4. The number of aliphatic carboxylic acids is 1. The molecule has 5 aromatic rings. The van der Waals surface area contributed by atoms with Gasteiger partial charge in [-0.3, -0.25) is 19.6 Å². The van der Waals surface area contributed by atoms with E-state index in [1.54, 1.807) is 19.9 Å². The molecule has 0 saturated carbocycles. The number of pyridine rings is 2. The number of Topliss-reactive ketones (excluding diaryl/α,β-unsaturated/α-hetero) is 1. The van der Waals surface area contributed by atoms with Gasteiger partial charge < -0.3 is 14.4 Å². The summed E-state index contributed by atoms with van der Waals surface area (Å²) < 4.78 is 21.6. The van der Waals surface area contributed by atoms with Gasteiger partial charge in [0.15, 0.2) is 5.78 Å². The molecule has 3 heterocycles. The summed E-state index contributed by atoms with van der Waals surface area (Å²) in [6.45, 7) is 12.0. The average Bonchev–Trinajstić information content (AvgIpc) is 3.29. The van der Waals surface area contributed by atoms with E-state index in [-0.39, 0.29) is 24.7 Å². The molecular weight excluding hydrogens is 581 g/mol. The Morgan fingerprint density at radius 3 is 2.37 bits per heavy atom. The number of halogens is 1. The van der Waals surface area contributed by atoms with Crippen LogP contribution in [0.15, 0.2) is 72.9 Å². The van der Waals surface area contributed by atoms with Crippen molar-refractivity contribution in [3.63, 3.8) is 0 Å². The summed E-state index contributed by atoms with van der Waals surface area (Å²) in [6.07, 6.45) is 1.69. The lowest BCUT2D eigenvalue weighted by atomic mass is 9.85. The number of carbonyl (C=O) groups is 2. The standard InChI is InChI=1S/C38H40FN3O4/c1-23(2)17-35(43)36-31-18-30(46-22-29-13-7-24(3)25(4)41-29)14-16-33(31)42(34(36)19-38(5,6)37(44)45)21-26-8-10-27(11-9-26)32-15-12-28(39)20-40-32/h7-16,18,20,23H,17,19,21-22H2,1-6H3,(H,44,45). The van der Waals surface area contributed by atoms with Crippen molar-refractivity contribution in [3.05, 3.63) is 113 Å². The fraction of sp³-hybridized carbons (Fsp3) is 0.316. The van der Waals surface area contributed by atoms with Crippen LogP contribution in [-0.2, 0) is 24.4 Å². The molecule has 5 rings (SSSR count). The van der Waals surface area contributed by atoms with E-state index in [0.29, 0.717) is 35.7 Å². The Kier molecular flexibility index (Phi) is 9.37. The van der Waals surface area contributed by atoms with E-state index in [4.69, 9.17) is 4.74 Å². The van der Waals surface area contributed by atoms with Crippen molar-refractivity contribution in [3.8, 4) is 17.0 Å². The number of ketones is 1. The van der Waals surface area contributed by atoms with Gasteiger partial charge in [0.1, 0.15) is 18.2 Å². The highest BCUT2D eigenvalue weighted by Gasteiger charge is 2.33. The van der Waals surface area contributed by atoms with Gasteiger partial charge >= 0.3 is 5.97 Å². The summed E-state index contributed by atoms with van der Waals surface area (Å²) in [4.78, 5) is 35.1. The fourth-order valence-corrected chi connectivity index (χ4v) is 5.55. The van der Waals surface area contributed by atoms with Gasteiger partial charge in [-0.15, -0.1) is 0 Å². The number of carbonyl (C=O) groups excluding carboxylic acids is 1. The molecule has 3 aromatic heterocycles. The third-order valence-electron chi connectivity index (χ3n) is 8.32. The van der Waals surface area contributed by atoms with E-state index in [9.17, 15) is 19.1 Å². The molecule has 0 saturated heterocycles. The van der Waals surface area contributed by atoms with Crippen LogP contribution in [0.4, 0.5) is 4.39 Å². The maximum absolute atomic E-state index is 14.0. The second-order valence-corrected chi connectivity index (χ2v) is 13.0. The van der Waals surface area contributed by atoms with Crippen LogP contribution in [0.25, 0.3) is 22.2 Å². The molecule has 0 atom stereocenters. The lowest BCUT2D eigenvalue weighted by molar-refractivity contribution is -0.146. The Hall–Kier alpha value is -4.85. The van der Waals surface area contributed by atoms with Crippen LogP contribution in [0, 0.1) is 31.0 Å². The molecule has 0 aliphatic carbocycles. The first-order valence-electron chi connectivity index (χ1n) is 15.5. The number of aromatic nitrogens is 3. The monoisotopic (exact) mass is 621 g/mol. The molecule has 0 radical (unpaired) electrons. The first-order valence-corrected chi connectivity index (χ1v) is 15.5. The smallest absolute Gasteiger partial charge is 0.309 e. The quantitative estimate of drug-likeness (QED) is 0.141. The second kappa shape index (κ2) is 13.3. The van der Waals surface area contributed by atoms with Crippen LogP contribution in [0.5, 0.6) is 5.75 Å². The van der Waals surface area contributed by atoms with Crippen LogP contribution < -0.4 is 4.74 Å². The number of rotatable bonds is 12. The summed E-state index contributed by atoms with van der Waals surface area (Å²) in [7, 11) is 0. The largest absolute Gasteiger partial charge is 0.487 e. The highest BCUT2D eigenvalue weighted by Crippen LogP contribution is 2.36. The zero-order valence-corrected chi connectivity index (χ0v) is 27.2. The van der Waals surface area contributed by atoms with Crippen molar-refractivity contribution in [2.24, 2.45) is 11.3 Å². The number of nitrogens with zero attached hydrogens (tertiary/aromatic N) is 3. The van der Waals surface area contributed by atoms with Crippen LogP contribution in [0.3, 0.4) is 0 Å². The van der Waals surface area contributed by atoms with Gasteiger partial charge in [0.05, 0.1) is 23.0 Å². The highest BCUT2D eigenvalue weighted by molar-refractivity contribution is 6.10. The molecule has 0 spiro atoms. The van der Waals surface area contributed by atoms with Gasteiger partial charge in [0, 0.05) is 52.8 Å². The Labute approximate surface area is 269 Å². The zero-order valence-electron chi connectivity index (χ0n) is 27.2. The molecule has 1 N–H and O–H groups in total. The Morgan fingerprint density at radius 1 is 1.00 bits per heavy atom. The van der Waals surface area contributed by atoms with E-state index in [2.05, 4.69) is 14.5 Å². The number of aryl methyl sites for hydroxylation is 2. The molecule has 0 bridgehead atoms. The van der Waals surface area contributed by atoms with Gasteiger partial charge in [-0.1, -0.05) is 44.2 Å². The van der Waals surface area contributed by atoms with Gasteiger partial charge in [-0.05, 0) is 81.1 Å². The molecule has 0 amide bonds. The molecule has 0 aliphatic rings. The van der Waals surface area contributed by atoms with Crippen molar-refractivity contribution in [1.82, 2.24) is 14.5 Å². The third kappa shape index (κ3) is 7.17. The summed E-state index contributed by atoms with van der Waals surface area (Å²) in [5.41, 5.74) is 6.26. The van der Waals surface area contributed by atoms with Crippen molar-refractivity contribution >= 4 is 22.7 Å². The Balaban J connectivity index is 1.59. The van der Waals surface area contributed by atoms with Gasteiger partial charge in [-0.2, -0.15) is 0 Å². The van der Waals surface area contributed by atoms with Crippen LogP contribution in [0.2, 0.25) is 0 Å². The predicted molar refractivity (Wildman–Crippen MR) is 178 cm³/mol. The zero-order chi connectivity index (χ0) is 33.2. The van der Waals surface area contributed by atoms with Gasteiger partial charge in [0.2, 0.25) is 0 Å². The third-order valence-corrected chi connectivity index (χ3v) is 8.32. The van der Waals surface area contributed by atoms with E-state index >= 15 is 0 Å². The normalized spacial score (nSPS) is 11.7.